The van der Waals surface area contributed by atoms with E-state index in [0.717, 1.165) is 26.0 Å². The zero-order valence-electron chi connectivity index (χ0n) is 11.1. The predicted molar refractivity (Wildman–Crippen MR) is 64.9 cm³/mol. The molecule has 0 saturated carbocycles. The van der Waals surface area contributed by atoms with Crippen molar-refractivity contribution in [2.24, 2.45) is 5.92 Å². The smallest absolute Gasteiger partial charge is 0.410 e. The van der Waals surface area contributed by atoms with Gasteiger partial charge in [-0.3, -0.25) is 0 Å². The Morgan fingerprint density at radius 2 is 2.12 bits per heavy atom. The van der Waals surface area contributed by atoms with Crippen LogP contribution in [0.2, 0.25) is 0 Å². The van der Waals surface area contributed by atoms with Gasteiger partial charge in [-0.1, -0.05) is 0 Å². The number of amides is 1. The van der Waals surface area contributed by atoms with Crippen molar-refractivity contribution in [3.63, 3.8) is 0 Å². The maximum atomic E-state index is 11.9. The first-order valence-corrected chi connectivity index (χ1v) is 6.55. The molecule has 4 nitrogen and oxygen atoms in total. The van der Waals surface area contributed by atoms with Gasteiger partial charge in [0, 0.05) is 13.2 Å². The van der Waals surface area contributed by atoms with E-state index >= 15 is 0 Å². The molecule has 2 aliphatic rings. The average Bonchev–Trinajstić information content (AvgIpc) is 2.26. The van der Waals surface area contributed by atoms with Crippen molar-refractivity contribution in [2.45, 2.75) is 51.7 Å². The highest BCUT2D eigenvalue weighted by Crippen LogP contribution is 2.29. The first-order valence-electron chi connectivity index (χ1n) is 6.55. The van der Waals surface area contributed by atoms with Gasteiger partial charge in [-0.15, -0.1) is 0 Å². The molecule has 2 saturated heterocycles. The summed E-state index contributed by atoms with van der Waals surface area (Å²) in [5.74, 6) is 0.641. The lowest BCUT2D eigenvalue weighted by molar-refractivity contribution is -0.0719. The third-order valence-corrected chi connectivity index (χ3v) is 3.40. The van der Waals surface area contributed by atoms with Gasteiger partial charge >= 0.3 is 6.09 Å². The first-order chi connectivity index (χ1) is 7.96. The number of fused-ring (bicyclic) bond motifs is 1. The fourth-order valence-corrected chi connectivity index (χ4v) is 2.56. The van der Waals surface area contributed by atoms with Crippen molar-refractivity contribution in [1.82, 2.24) is 4.90 Å². The van der Waals surface area contributed by atoms with Gasteiger partial charge in [0.2, 0.25) is 0 Å². The summed E-state index contributed by atoms with van der Waals surface area (Å²) in [6.07, 6.45) is 3.47. The van der Waals surface area contributed by atoms with E-state index < -0.39 is 5.60 Å². The zero-order valence-corrected chi connectivity index (χ0v) is 11.1. The van der Waals surface area contributed by atoms with Gasteiger partial charge in [-0.05, 0) is 46.0 Å². The fraction of sp³-hybridized carbons (Fsp3) is 0.923. The van der Waals surface area contributed by atoms with Crippen LogP contribution in [-0.2, 0) is 9.47 Å². The summed E-state index contributed by atoms with van der Waals surface area (Å²) < 4.78 is 11.1. The highest BCUT2D eigenvalue weighted by Gasteiger charge is 2.35. The summed E-state index contributed by atoms with van der Waals surface area (Å²) in [5.41, 5.74) is -0.415. The number of hydrogen-bond donors (Lipinski definition) is 0. The topological polar surface area (TPSA) is 38.8 Å². The Morgan fingerprint density at radius 1 is 1.35 bits per heavy atom. The van der Waals surface area contributed by atoms with E-state index in [0.29, 0.717) is 12.5 Å². The van der Waals surface area contributed by atoms with E-state index in [1.807, 2.05) is 20.8 Å². The molecular weight excluding hydrogens is 218 g/mol. The summed E-state index contributed by atoms with van der Waals surface area (Å²) in [4.78, 5) is 13.7. The largest absolute Gasteiger partial charge is 0.444 e. The van der Waals surface area contributed by atoms with Crippen LogP contribution in [0.25, 0.3) is 0 Å². The quantitative estimate of drug-likeness (QED) is 0.654. The molecule has 2 heterocycles. The molecule has 2 fully saturated rings. The molecule has 0 spiro atoms. The molecule has 2 aliphatic heterocycles. The third kappa shape index (κ3) is 3.35. The molecular formula is C13H23NO3. The molecule has 2 atom stereocenters. The second-order valence-electron chi connectivity index (χ2n) is 6.03. The van der Waals surface area contributed by atoms with Crippen molar-refractivity contribution in [1.29, 1.82) is 0 Å². The maximum Gasteiger partial charge on any atom is 0.410 e. The van der Waals surface area contributed by atoms with Gasteiger partial charge in [-0.2, -0.15) is 0 Å². The van der Waals surface area contributed by atoms with E-state index in [-0.39, 0.29) is 12.2 Å². The molecule has 0 N–H and O–H groups in total. The minimum absolute atomic E-state index is 0.204. The average molecular weight is 241 g/mol. The highest BCUT2D eigenvalue weighted by atomic mass is 16.6. The molecule has 0 aromatic heterocycles. The standard InChI is InChI=1S/C13H23NO3/c1-13(2,3)17-12(15)14-7-6-10-5-4-8-16-11(10)9-14/h10-11H,4-9H2,1-3H3/t10-,11-/m0/s1. The summed E-state index contributed by atoms with van der Waals surface area (Å²) in [6.45, 7) is 8.03. The Hall–Kier alpha value is -0.770. The molecule has 1 amide bonds. The number of nitrogens with zero attached hydrogens (tertiary/aromatic N) is 1. The maximum absolute atomic E-state index is 11.9. The summed E-state index contributed by atoms with van der Waals surface area (Å²) >= 11 is 0. The van der Waals surface area contributed by atoms with Crippen LogP contribution in [0.3, 0.4) is 0 Å². The number of carbonyl (C=O) groups excluding carboxylic acids is 1. The molecule has 98 valence electrons. The van der Waals surface area contributed by atoms with Crippen LogP contribution in [0.4, 0.5) is 4.79 Å². The van der Waals surface area contributed by atoms with Gasteiger partial charge in [0.1, 0.15) is 5.60 Å². The Morgan fingerprint density at radius 3 is 2.82 bits per heavy atom. The van der Waals surface area contributed by atoms with E-state index in [1.165, 1.54) is 6.42 Å². The number of rotatable bonds is 0. The molecule has 0 aromatic carbocycles. The summed E-state index contributed by atoms with van der Waals surface area (Å²) in [7, 11) is 0. The number of piperidine rings is 1. The lowest BCUT2D eigenvalue weighted by Crippen LogP contribution is -2.50. The normalized spacial score (nSPS) is 29.7. The van der Waals surface area contributed by atoms with Gasteiger partial charge in [-0.25, -0.2) is 4.79 Å². The van der Waals surface area contributed by atoms with Crippen molar-refractivity contribution in [3.8, 4) is 0 Å². The molecule has 0 radical (unpaired) electrons. The first kappa shape index (κ1) is 12.7. The number of ether oxygens (including phenoxy) is 2. The number of likely N-dealkylation sites (tertiary alicyclic amines) is 1. The summed E-state index contributed by atoms with van der Waals surface area (Å²) in [6, 6.07) is 0. The van der Waals surface area contributed by atoms with Crippen molar-refractivity contribution in [2.75, 3.05) is 19.7 Å². The molecule has 2 rings (SSSR count). The zero-order chi connectivity index (χ0) is 12.5. The Bertz CT molecular complexity index is 285. The molecule has 0 unspecified atom stereocenters. The summed E-state index contributed by atoms with van der Waals surface area (Å²) in [5, 5.41) is 0. The SMILES string of the molecule is CC(C)(C)OC(=O)N1CC[C@@H]2CCCO[C@H]2C1. The minimum Gasteiger partial charge on any atom is -0.444 e. The minimum atomic E-state index is -0.415. The van der Waals surface area contributed by atoms with Crippen LogP contribution in [0, 0.1) is 5.92 Å². The highest BCUT2D eigenvalue weighted by molar-refractivity contribution is 5.68. The van der Waals surface area contributed by atoms with E-state index in [2.05, 4.69) is 0 Å². The van der Waals surface area contributed by atoms with Crippen LogP contribution in [0.1, 0.15) is 40.0 Å². The van der Waals surface area contributed by atoms with Gasteiger partial charge in [0.25, 0.3) is 0 Å². The number of hydrogen-bond acceptors (Lipinski definition) is 3. The Labute approximate surface area is 103 Å². The second-order valence-corrected chi connectivity index (χ2v) is 6.03. The van der Waals surface area contributed by atoms with Crippen LogP contribution >= 0.6 is 0 Å². The Kier molecular flexibility index (Phi) is 3.61. The van der Waals surface area contributed by atoms with Crippen molar-refractivity contribution >= 4 is 6.09 Å². The second kappa shape index (κ2) is 4.84. The predicted octanol–water partition coefficient (Wildman–Crippen LogP) is 2.42. The van der Waals surface area contributed by atoms with Crippen LogP contribution in [0.15, 0.2) is 0 Å². The van der Waals surface area contributed by atoms with E-state index in [4.69, 9.17) is 9.47 Å². The molecule has 0 aliphatic carbocycles. The monoisotopic (exact) mass is 241 g/mol. The van der Waals surface area contributed by atoms with Crippen molar-refractivity contribution in [3.05, 3.63) is 0 Å². The van der Waals surface area contributed by atoms with Crippen molar-refractivity contribution < 1.29 is 14.3 Å². The van der Waals surface area contributed by atoms with Crippen LogP contribution < -0.4 is 0 Å². The molecule has 0 aromatic rings. The lowest BCUT2D eigenvalue weighted by Gasteiger charge is -2.41. The van der Waals surface area contributed by atoms with Crippen LogP contribution in [0.5, 0.6) is 0 Å². The molecule has 17 heavy (non-hydrogen) atoms. The molecule has 0 bridgehead atoms. The van der Waals surface area contributed by atoms with E-state index in [9.17, 15) is 4.79 Å². The lowest BCUT2D eigenvalue weighted by atomic mass is 9.88. The third-order valence-electron chi connectivity index (χ3n) is 3.40. The van der Waals surface area contributed by atoms with Gasteiger partial charge < -0.3 is 14.4 Å². The molecule has 4 heteroatoms. The van der Waals surface area contributed by atoms with Gasteiger partial charge in [0.05, 0.1) is 12.6 Å². The fourth-order valence-electron chi connectivity index (χ4n) is 2.56. The number of carbonyl (C=O) groups is 1. The van der Waals surface area contributed by atoms with Gasteiger partial charge in [0.15, 0.2) is 0 Å². The Balaban J connectivity index is 1.89. The van der Waals surface area contributed by atoms with Crippen LogP contribution in [-0.4, -0.2) is 42.4 Å². The van der Waals surface area contributed by atoms with E-state index in [1.54, 1.807) is 4.90 Å².